The first kappa shape index (κ1) is 14.9. The highest BCUT2D eigenvalue weighted by Crippen LogP contribution is 2.29. The lowest BCUT2D eigenvalue weighted by molar-refractivity contribution is -0.137. The first-order chi connectivity index (χ1) is 9.90. The number of nitriles is 1. The molecule has 0 amide bonds. The summed E-state index contributed by atoms with van der Waals surface area (Å²) in [5.74, 6) is -0.613. The fourth-order valence-corrected chi connectivity index (χ4v) is 1.74. The van der Waals surface area contributed by atoms with Crippen molar-refractivity contribution in [3.8, 4) is 6.07 Å². The molecule has 108 valence electrons. The van der Waals surface area contributed by atoms with Crippen LogP contribution in [0.1, 0.15) is 16.7 Å². The van der Waals surface area contributed by atoms with Gasteiger partial charge in [0.05, 0.1) is 11.1 Å². The van der Waals surface area contributed by atoms with Crippen LogP contribution < -0.4 is 5.32 Å². The van der Waals surface area contributed by atoms with Gasteiger partial charge in [-0.3, -0.25) is 0 Å². The molecular weight excluding hydrogens is 284 g/mol. The van der Waals surface area contributed by atoms with Crippen molar-refractivity contribution in [2.75, 3.05) is 5.32 Å². The number of hydrogen-bond donors (Lipinski definition) is 1. The van der Waals surface area contributed by atoms with Crippen molar-refractivity contribution in [3.63, 3.8) is 0 Å². The van der Waals surface area contributed by atoms with Gasteiger partial charge in [0.25, 0.3) is 0 Å². The van der Waals surface area contributed by atoms with Gasteiger partial charge in [0.1, 0.15) is 11.9 Å². The van der Waals surface area contributed by atoms with Gasteiger partial charge >= 0.3 is 6.18 Å². The summed E-state index contributed by atoms with van der Waals surface area (Å²) in [6.45, 7) is 0.272. The first-order valence-corrected chi connectivity index (χ1v) is 6.00. The number of halogens is 4. The van der Waals surface area contributed by atoms with Crippen molar-refractivity contribution < 1.29 is 17.6 Å². The SMILES string of the molecule is N#Cc1cc(NCc2ccc(C(F)(F)F)cc2)ccc1F. The average molecular weight is 294 g/mol. The highest BCUT2D eigenvalue weighted by Gasteiger charge is 2.29. The summed E-state index contributed by atoms with van der Waals surface area (Å²) in [4.78, 5) is 0. The summed E-state index contributed by atoms with van der Waals surface area (Å²) in [7, 11) is 0. The Morgan fingerprint density at radius 1 is 1.05 bits per heavy atom. The predicted octanol–water partition coefficient (Wildman–Crippen LogP) is 4.33. The summed E-state index contributed by atoms with van der Waals surface area (Å²) in [6.07, 6.45) is -4.36. The molecule has 2 aromatic rings. The summed E-state index contributed by atoms with van der Waals surface area (Å²) in [6, 6.07) is 10.4. The normalized spacial score (nSPS) is 11.0. The standard InChI is InChI=1S/C15H10F4N2/c16-14-6-5-13(7-11(14)8-20)21-9-10-1-3-12(4-2-10)15(17,18)19/h1-7,21H,9H2. The number of anilines is 1. The third kappa shape index (κ3) is 3.72. The minimum Gasteiger partial charge on any atom is -0.381 e. The van der Waals surface area contributed by atoms with Crippen molar-refractivity contribution in [3.05, 3.63) is 65.0 Å². The van der Waals surface area contributed by atoms with Gasteiger partial charge in [-0.2, -0.15) is 18.4 Å². The van der Waals surface area contributed by atoms with Crippen molar-refractivity contribution >= 4 is 5.69 Å². The summed E-state index contributed by atoms with van der Waals surface area (Å²) in [5, 5.41) is 11.6. The smallest absolute Gasteiger partial charge is 0.381 e. The molecule has 0 saturated heterocycles. The number of nitrogens with one attached hydrogen (secondary N) is 1. The largest absolute Gasteiger partial charge is 0.416 e. The molecule has 0 radical (unpaired) electrons. The molecule has 0 aliphatic heterocycles. The molecule has 0 aliphatic carbocycles. The quantitative estimate of drug-likeness (QED) is 0.855. The number of benzene rings is 2. The Bertz CT molecular complexity index is 670. The van der Waals surface area contributed by atoms with Crippen molar-refractivity contribution in [1.29, 1.82) is 5.26 Å². The molecular formula is C15H10F4N2. The number of nitrogens with zero attached hydrogens (tertiary/aromatic N) is 1. The van der Waals surface area contributed by atoms with E-state index in [4.69, 9.17) is 5.26 Å². The molecule has 2 rings (SSSR count). The minimum absolute atomic E-state index is 0.0904. The van der Waals surface area contributed by atoms with Crippen molar-refractivity contribution in [1.82, 2.24) is 0 Å². The molecule has 0 aromatic heterocycles. The van der Waals surface area contributed by atoms with Crippen LogP contribution in [0.2, 0.25) is 0 Å². The van der Waals surface area contributed by atoms with Gasteiger partial charge in [-0.1, -0.05) is 12.1 Å². The molecule has 0 saturated carbocycles. The van der Waals surface area contributed by atoms with Gasteiger partial charge in [0.15, 0.2) is 0 Å². The van der Waals surface area contributed by atoms with E-state index in [1.807, 2.05) is 0 Å². The zero-order valence-electron chi connectivity index (χ0n) is 10.7. The maximum atomic E-state index is 13.1. The topological polar surface area (TPSA) is 35.8 Å². The van der Waals surface area contributed by atoms with E-state index in [1.165, 1.54) is 24.3 Å². The van der Waals surface area contributed by atoms with E-state index in [2.05, 4.69) is 5.32 Å². The molecule has 1 N–H and O–H groups in total. The van der Waals surface area contributed by atoms with Crippen molar-refractivity contribution in [2.24, 2.45) is 0 Å². The van der Waals surface area contributed by atoms with Gasteiger partial charge < -0.3 is 5.32 Å². The Kier molecular flexibility index (Phi) is 4.13. The predicted molar refractivity (Wildman–Crippen MR) is 69.9 cm³/mol. The van der Waals surface area contributed by atoms with Crippen LogP contribution in [0, 0.1) is 17.1 Å². The molecule has 0 heterocycles. The van der Waals surface area contributed by atoms with Crippen LogP contribution >= 0.6 is 0 Å². The lowest BCUT2D eigenvalue weighted by Crippen LogP contribution is -2.05. The molecule has 0 bridgehead atoms. The maximum absolute atomic E-state index is 13.1. The van der Waals surface area contributed by atoms with Crippen molar-refractivity contribution in [2.45, 2.75) is 12.7 Å². The zero-order valence-corrected chi connectivity index (χ0v) is 10.7. The second kappa shape index (κ2) is 5.83. The lowest BCUT2D eigenvalue weighted by Gasteiger charge is -2.09. The maximum Gasteiger partial charge on any atom is 0.416 e. The molecule has 6 heteroatoms. The van der Waals surface area contributed by atoms with E-state index in [0.29, 0.717) is 11.3 Å². The number of hydrogen-bond acceptors (Lipinski definition) is 2. The highest BCUT2D eigenvalue weighted by atomic mass is 19.4. The van der Waals surface area contributed by atoms with Crippen LogP contribution in [0.25, 0.3) is 0 Å². The summed E-state index contributed by atoms with van der Waals surface area (Å²) in [5.41, 5.74) is 0.367. The van der Waals surface area contributed by atoms with E-state index in [0.717, 1.165) is 18.2 Å². The Hall–Kier alpha value is -2.55. The highest BCUT2D eigenvalue weighted by molar-refractivity contribution is 5.50. The molecule has 0 unspecified atom stereocenters. The number of rotatable bonds is 3. The summed E-state index contributed by atoms with van der Waals surface area (Å²) < 4.78 is 50.4. The monoisotopic (exact) mass is 294 g/mol. The van der Waals surface area contributed by atoms with Crippen LogP contribution in [-0.2, 0) is 12.7 Å². The summed E-state index contributed by atoms with van der Waals surface area (Å²) >= 11 is 0. The van der Waals surface area contributed by atoms with Gasteiger partial charge in [-0.05, 0) is 35.9 Å². The molecule has 2 aromatic carbocycles. The van der Waals surface area contributed by atoms with Gasteiger partial charge in [0, 0.05) is 12.2 Å². The lowest BCUT2D eigenvalue weighted by atomic mass is 10.1. The number of alkyl halides is 3. The fraction of sp³-hybridized carbons (Fsp3) is 0.133. The van der Waals surface area contributed by atoms with Crippen LogP contribution in [0.3, 0.4) is 0 Å². The van der Waals surface area contributed by atoms with Gasteiger partial charge in [0.2, 0.25) is 0 Å². The molecule has 21 heavy (non-hydrogen) atoms. The van der Waals surface area contributed by atoms with Crippen LogP contribution in [0.15, 0.2) is 42.5 Å². The Labute approximate surface area is 118 Å². The molecule has 0 aliphatic rings. The molecule has 2 nitrogen and oxygen atoms in total. The average Bonchev–Trinajstić information content (AvgIpc) is 2.46. The van der Waals surface area contributed by atoms with E-state index >= 15 is 0 Å². The zero-order chi connectivity index (χ0) is 15.5. The van der Waals surface area contributed by atoms with Gasteiger partial charge in [-0.15, -0.1) is 0 Å². The third-order valence-electron chi connectivity index (χ3n) is 2.86. The second-order valence-corrected chi connectivity index (χ2v) is 4.35. The van der Waals surface area contributed by atoms with Gasteiger partial charge in [-0.25, -0.2) is 4.39 Å². The Morgan fingerprint density at radius 3 is 2.29 bits per heavy atom. The van der Waals surface area contributed by atoms with Crippen LogP contribution in [-0.4, -0.2) is 0 Å². The Morgan fingerprint density at radius 2 is 1.71 bits per heavy atom. The third-order valence-corrected chi connectivity index (χ3v) is 2.86. The van der Waals surface area contributed by atoms with E-state index < -0.39 is 17.6 Å². The molecule has 0 spiro atoms. The molecule has 0 atom stereocenters. The molecule has 0 fully saturated rings. The van der Waals surface area contributed by atoms with E-state index in [-0.39, 0.29) is 12.1 Å². The fourth-order valence-electron chi connectivity index (χ4n) is 1.74. The van der Waals surface area contributed by atoms with Crippen LogP contribution in [0.5, 0.6) is 0 Å². The minimum atomic E-state index is -4.36. The van der Waals surface area contributed by atoms with E-state index in [9.17, 15) is 17.6 Å². The van der Waals surface area contributed by atoms with Crippen LogP contribution in [0.4, 0.5) is 23.2 Å². The second-order valence-electron chi connectivity index (χ2n) is 4.35. The van der Waals surface area contributed by atoms with E-state index in [1.54, 1.807) is 6.07 Å². The Balaban J connectivity index is 2.05. The first-order valence-electron chi connectivity index (χ1n) is 6.00.